The zero-order valence-electron chi connectivity index (χ0n) is 7.99. The molecule has 0 aromatic rings. The van der Waals surface area contributed by atoms with Crippen molar-refractivity contribution in [1.29, 1.82) is 0 Å². The van der Waals surface area contributed by atoms with Crippen molar-refractivity contribution in [1.82, 2.24) is 0 Å². The number of rotatable bonds is 3. The van der Waals surface area contributed by atoms with Crippen LogP contribution in [0.2, 0.25) is 0 Å². The van der Waals surface area contributed by atoms with Gasteiger partial charge in [0.1, 0.15) is 0 Å². The van der Waals surface area contributed by atoms with E-state index in [9.17, 15) is 26.7 Å². The molecule has 0 saturated carbocycles. The van der Waals surface area contributed by atoms with E-state index in [2.05, 4.69) is 4.74 Å². The van der Waals surface area contributed by atoms with E-state index in [1.807, 2.05) is 0 Å². The number of halogens is 5. The van der Waals surface area contributed by atoms with Gasteiger partial charge in [0.15, 0.2) is 0 Å². The Labute approximate surface area is 82.7 Å². The van der Waals surface area contributed by atoms with Gasteiger partial charge in [-0.1, -0.05) is 0 Å². The summed E-state index contributed by atoms with van der Waals surface area (Å²) in [5.41, 5.74) is -1.39. The second-order valence-corrected chi connectivity index (χ2v) is 2.65. The molecule has 0 aliphatic carbocycles. The molecular formula is C8H9F5O2. The van der Waals surface area contributed by atoms with Crippen LogP contribution >= 0.6 is 0 Å². The van der Waals surface area contributed by atoms with E-state index >= 15 is 0 Å². The van der Waals surface area contributed by atoms with Crippen LogP contribution in [0.1, 0.15) is 13.8 Å². The van der Waals surface area contributed by atoms with Gasteiger partial charge in [0.25, 0.3) is 0 Å². The summed E-state index contributed by atoms with van der Waals surface area (Å²) < 4.78 is 64.6. The van der Waals surface area contributed by atoms with Gasteiger partial charge in [0, 0.05) is 11.6 Å². The highest BCUT2D eigenvalue weighted by molar-refractivity contribution is 5.83. The first-order valence-electron chi connectivity index (χ1n) is 3.93. The molecule has 0 unspecified atom stereocenters. The van der Waals surface area contributed by atoms with Gasteiger partial charge in [-0.05, 0) is 13.8 Å². The minimum absolute atomic E-state index is 0.0970. The fraction of sp³-hybridized carbons (Fsp3) is 0.625. The highest BCUT2D eigenvalue weighted by atomic mass is 19.4. The summed E-state index contributed by atoms with van der Waals surface area (Å²) in [5.74, 6) is -6.24. The predicted octanol–water partition coefficient (Wildman–Crippen LogP) is 2.69. The van der Waals surface area contributed by atoms with Crippen molar-refractivity contribution in [2.45, 2.75) is 25.9 Å². The highest BCUT2D eigenvalue weighted by Crippen LogP contribution is 2.40. The van der Waals surface area contributed by atoms with Gasteiger partial charge < -0.3 is 4.74 Å². The van der Waals surface area contributed by atoms with Gasteiger partial charge in [-0.25, -0.2) is 4.79 Å². The maximum Gasteiger partial charge on any atom is 0.457 e. The summed E-state index contributed by atoms with van der Waals surface area (Å²) in [5, 5.41) is 0. The largest absolute Gasteiger partial charge is 0.463 e. The number of carbonyl (C=O) groups excluding carboxylic acids is 1. The maximum absolute atomic E-state index is 12.5. The molecular weight excluding hydrogens is 223 g/mol. The third-order valence-electron chi connectivity index (χ3n) is 1.47. The average Bonchev–Trinajstić information content (AvgIpc) is 2.02. The molecule has 0 rings (SSSR count). The molecule has 0 aromatic heterocycles. The van der Waals surface area contributed by atoms with E-state index in [4.69, 9.17) is 0 Å². The van der Waals surface area contributed by atoms with Crippen LogP contribution in [-0.4, -0.2) is 24.7 Å². The number of esters is 1. The van der Waals surface area contributed by atoms with Crippen LogP contribution in [0.4, 0.5) is 22.0 Å². The molecule has 0 aliphatic heterocycles. The van der Waals surface area contributed by atoms with E-state index in [1.54, 1.807) is 0 Å². The lowest BCUT2D eigenvalue weighted by atomic mass is 10.1. The number of hydrogen-bond acceptors (Lipinski definition) is 2. The summed E-state index contributed by atoms with van der Waals surface area (Å²) >= 11 is 0. The van der Waals surface area contributed by atoms with Crippen molar-refractivity contribution < 1.29 is 31.5 Å². The Morgan fingerprint density at radius 1 is 1.27 bits per heavy atom. The molecule has 7 heteroatoms. The second kappa shape index (κ2) is 4.59. The van der Waals surface area contributed by atoms with Crippen LogP contribution in [0.5, 0.6) is 0 Å². The van der Waals surface area contributed by atoms with Crippen molar-refractivity contribution in [3.8, 4) is 0 Å². The minimum Gasteiger partial charge on any atom is -0.463 e. The first-order valence-corrected chi connectivity index (χ1v) is 3.93. The van der Waals surface area contributed by atoms with Gasteiger partial charge in [-0.2, -0.15) is 22.0 Å². The minimum atomic E-state index is -5.71. The second-order valence-electron chi connectivity index (χ2n) is 2.65. The topological polar surface area (TPSA) is 26.3 Å². The fourth-order valence-corrected chi connectivity index (χ4v) is 0.675. The Kier molecular flexibility index (Phi) is 4.24. The van der Waals surface area contributed by atoms with Crippen LogP contribution in [0.3, 0.4) is 0 Å². The van der Waals surface area contributed by atoms with Crippen LogP contribution < -0.4 is 0 Å². The van der Waals surface area contributed by atoms with Crippen molar-refractivity contribution in [2.24, 2.45) is 0 Å². The fourth-order valence-electron chi connectivity index (χ4n) is 0.675. The molecule has 0 amide bonds. The van der Waals surface area contributed by atoms with E-state index in [0.717, 1.165) is 0 Å². The van der Waals surface area contributed by atoms with Gasteiger partial charge in [0.05, 0.1) is 6.61 Å². The highest BCUT2D eigenvalue weighted by Gasteiger charge is 2.58. The van der Waals surface area contributed by atoms with Crippen LogP contribution in [0.15, 0.2) is 11.6 Å². The van der Waals surface area contributed by atoms with E-state index < -0.39 is 23.6 Å². The predicted molar refractivity (Wildman–Crippen MR) is 41.4 cm³/mol. The molecule has 2 nitrogen and oxygen atoms in total. The molecule has 0 aliphatic rings. The van der Waals surface area contributed by atoms with Crippen LogP contribution in [0, 0.1) is 0 Å². The molecule has 0 radical (unpaired) electrons. The lowest BCUT2D eigenvalue weighted by molar-refractivity contribution is -0.264. The number of ether oxygens (including phenoxy) is 1. The molecule has 15 heavy (non-hydrogen) atoms. The molecule has 0 aromatic carbocycles. The Morgan fingerprint density at radius 2 is 1.73 bits per heavy atom. The van der Waals surface area contributed by atoms with Crippen LogP contribution in [0.25, 0.3) is 0 Å². The average molecular weight is 232 g/mol. The summed E-state index contributed by atoms with van der Waals surface area (Å²) in [6.07, 6.45) is -5.57. The monoisotopic (exact) mass is 232 g/mol. The standard InChI is InChI=1S/C8H9F5O2/c1-3-15-6(14)4-5(2)7(9,10)8(11,12)13/h4H,3H2,1-2H3/b5-4+. The zero-order chi connectivity index (χ0) is 12.3. The molecule has 0 N–H and O–H groups in total. The molecule has 0 spiro atoms. The van der Waals surface area contributed by atoms with Crippen molar-refractivity contribution in [2.75, 3.05) is 6.61 Å². The smallest absolute Gasteiger partial charge is 0.457 e. The van der Waals surface area contributed by atoms with Gasteiger partial charge in [-0.15, -0.1) is 0 Å². The Bertz CT molecular complexity index is 267. The van der Waals surface area contributed by atoms with E-state index in [1.165, 1.54) is 6.92 Å². The van der Waals surface area contributed by atoms with Gasteiger partial charge in [-0.3, -0.25) is 0 Å². The molecule has 0 bridgehead atoms. The molecule has 88 valence electrons. The van der Waals surface area contributed by atoms with Crippen LogP contribution in [-0.2, 0) is 9.53 Å². The number of carbonyl (C=O) groups is 1. The normalized spacial score (nSPS) is 13.9. The molecule has 0 heterocycles. The Balaban J connectivity index is 4.84. The number of allylic oxidation sites excluding steroid dienone is 1. The summed E-state index contributed by atoms with van der Waals surface area (Å²) in [6, 6.07) is 0. The lowest BCUT2D eigenvalue weighted by Crippen LogP contribution is -2.37. The van der Waals surface area contributed by atoms with E-state index in [-0.39, 0.29) is 12.7 Å². The van der Waals surface area contributed by atoms with Crippen molar-refractivity contribution >= 4 is 5.97 Å². The summed E-state index contributed by atoms with van der Waals surface area (Å²) in [7, 11) is 0. The van der Waals surface area contributed by atoms with E-state index in [0.29, 0.717) is 6.92 Å². The first kappa shape index (κ1) is 13.9. The quantitative estimate of drug-likeness (QED) is 0.425. The third-order valence-corrected chi connectivity index (χ3v) is 1.47. The molecule has 0 saturated heterocycles. The first-order chi connectivity index (χ1) is 6.63. The molecule has 0 atom stereocenters. The Morgan fingerprint density at radius 3 is 2.07 bits per heavy atom. The van der Waals surface area contributed by atoms with Gasteiger partial charge >= 0.3 is 18.1 Å². The van der Waals surface area contributed by atoms with Gasteiger partial charge in [0.2, 0.25) is 0 Å². The SMILES string of the molecule is CCOC(=O)/C=C(\C)C(F)(F)C(F)(F)F. The summed E-state index contributed by atoms with van der Waals surface area (Å²) in [6.45, 7) is 1.83. The lowest BCUT2D eigenvalue weighted by Gasteiger charge is -2.19. The van der Waals surface area contributed by atoms with Crippen molar-refractivity contribution in [3.63, 3.8) is 0 Å². The maximum atomic E-state index is 12.5. The zero-order valence-corrected chi connectivity index (χ0v) is 7.99. The Hall–Kier alpha value is -1.14. The molecule has 0 fully saturated rings. The number of alkyl halides is 5. The number of hydrogen-bond donors (Lipinski definition) is 0. The third kappa shape index (κ3) is 3.49. The van der Waals surface area contributed by atoms with Crippen molar-refractivity contribution in [3.05, 3.63) is 11.6 Å². The summed E-state index contributed by atoms with van der Waals surface area (Å²) in [4.78, 5) is 10.6.